The van der Waals surface area contributed by atoms with Crippen molar-refractivity contribution < 1.29 is 9.53 Å². The van der Waals surface area contributed by atoms with Crippen LogP contribution in [0.5, 0.6) is 5.88 Å². The fraction of sp³-hybridized carbons (Fsp3) is 0.333. The van der Waals surface area contributed by atoms with Crippen LogP contribution in [0, 0.1) is 6.92 Å². The Morgan fingerprint density at radius 2 is 2.23 bits per heavy atom. The number of rotatable bonds is 4. The lowest BCUT2D eigenvalue weighted by Gasteiger charge is -2.12. The van der Waals surface area contributed by atoms with Gasteiger partial charge < -0.3 is 4.74 Å². The van der Waals surface area contributed by atoms with E-state index in [1.807, 2.05) is 18.7 Å². The average molecular weight is 316 g/mol. The van der Waals surface area contributed by atoms with E-state index in [1.165, 1.54) is 0 Å². The molecule has 0 saturated carbocycles. The zero-order valence-corrected chi connectivity index (χ0v) is 13.0. The molecule has 2 aromatic rings. The Morgan fingerprint density at radius 3 is 3.00 bits per heavy atom. The summed E-state index contributed by atoms with van der Waals surface area (Å²) in [6.45, 7) is 1.84. The van der Waals surface area contributed by atoms with E-state index in [4.69, 9.17) is 4.74 Å². The number of carbonyl (C=O) groups is 1. The zero-order valence-electron chi connectivity index (χ0n) is 12.2. The first-order chi connectivity index (χ1) is 10.7. The second-order valence-corrected chi connectivity index (χ2v) is 6.11. The number of pyridine rings is 1. The molecule has 0 spiro atoms. The summed E-state index contributed by atoms with van der Waals surface area (Å²) in [6, 6.07) is 5.06. The van der Waals surface area contributed by atoms with E-state index in [0.29, 0.717) is 11.4 Å². The summed E-state index contributed by atoms with van der Waals surface area (Å²) in [4.78, 5) is 24.6. The van der Waals surface area contributed by atoms with Gasteiger partial charge in [-0.3, -0.25) is 10.1 Å². The number of aromatic nitrogens is 3. The molecule has 114 valence electrons. The van der Waals surface area contributed by atoms with Gasteiger partial charge in [-0.1, -0.05) is 0 Å². The summed E-state index contributed by atoms with van der Waals surface area (Å²) in [7, 11) is 0. The lowest BCUT2D eigenvalue weighted by Crippen LogP contribution is -2.17. The van der Waals surface area contributed by atoms with Gasteiger partial charge in [0.25, 0.3) is 5.91 Å². The maximum absolute atomic E-state index is 12.2. The molecule has 3 heterocycles. The van der Waals surface area contributed by atoms with E-state index >= 15 is 0 Å². The standard InChI is InChI=1S/C15H16N4O2S/c1-10-2-5-17-15(18-10)19-14(20)11-3-6-16-13(8-11)21-12-4-7-22-9-12/h2-3,5-6,8,12H,4,7,9H2,1H3,(H,17,18,19,20). The Morgan fingerprint density at radius 1 is 1.36 bits per heavy atom. The lowest BCUT2D eigenvalue weighted by atomic mass is 10.2. The molecule has 1 unspecified atom stereocenters. The van der Waals surface area contributed by atoms with Crippen LogP contribution in [0.2, 0.25) is 0 Å². The SMILES string of the molecule is Cc1ccnc(NC(=O)c2ccnc(OC3CCSC3)c2)n1. The van der Waals surface area contributed by atoms with Crippen molar-refractivity contribution in [1.82, 2.24) is 15.0 Å². The van der Waals surface area contributed by atoms with Crippen molar-refractivity contribution in [2.75, 3.05) is 16.8 Å². The Balaban J connectivity index is 1.69. The monoisotopic (exact) mass is 316 g/mol. The molecule has 1 amide bonds. The predicted octanol–water partition coefficient (Wildman–Crippen LogP) is 2.32. The van der Waals surface area contributed by atoms with Crippen LogP contribution < -0.4 is 10.1 Å². The van der Waals surface area contributed by atoms with Crippen molar-refractivity contribution in [3.63, 3.8) is 0 Å². The Labute approximate surface area is 132 Å². The van der Waals surface area contributed by atoms with Crippen LogP contribution in [-0.2, 0) is 0 Å². The van der Waals surface area contributed by atoms with Crippen molar-refractivity contribution in [3.05, 3.63) is 41.9 Å². The summed E-state index contributed by atoms with van der Waals surface area (Å²) < 4.78 is 5.79. The van der Waals surface area contributed by atoms with E-state index in [2.05, 4.69) is 20.3 Å². The summed E-state index contributed by atoms with van der Waals surface area (Å²) in [5.74, 6) is 2.56. The number of nitrogens with zero attached hydrogens (tertiary/aromatic N) is 3. The molecule has 2 aromatic heterocycles. The maximum Gasteiger partial charge on any atom is 0.258 e. The number of thioether (sulfide) groups is 1. The minimum atomic E-state index is -0.279. The number of ether oxygens (including phenoxy) is 1. The summed E-state index contributed by atoms with van der Waals surface area (Å²) in [5.41, 5.74) is 1.27. The predicted molar refractivity (Wildman–Crippen MR) is 85.3 cm³/mol. The molecule has 0 radical (unpaired) electrons. The third-order valence-corrected chi connectivity index (χ3v) is 4.32. The number of aryl methyl sites for hydroxylation is 1. The molecule has 1 atom stereocenters. The van der Waals surface area contributed by atoms with Crippen molar-refractivity contribution in [3.8, 4) is 5.88 Å². The molecular formula is C15H16N4O2S. The first-order valence-electron chi connectivity index (χ1n) is 7.02. The summed E-state index contributed by atoms with van der Waals surface area (Å²) in [5, 5.41) is 2.67. The van der Waals surface area contributed by atoms with Gasteiger partial charge in [0.1, 0.15) is 6.10 Å². The van der Waals surface area contributed by atoms with E-state index in [9.17, 15) is 4.79 Å². The van der Waals surface area contributed by atoms with Gasteiger partial charge >= 0.3 is 0 Å². The van der Waals surface area contributed by atoms with E-state index < -0.39 is 0 Å². The highest BCUT2D eigenvalue weighted by molar-refractivity contribution is 7.99. The Bertz CT molecular complexity index is 674. The van der Waals surface area contributed by atoms with Crippen molar-refractivity contribution >= 4 is 23.6 Å². The normalized spacial score (nSPS) is 17.2. The molecule has 6 nitrogen and oxygen atoms in total. The van der Waals surface area contributed by atoms with Crippen molar-refractivity contribution in [1.29, 1.82) is 0 Å². The van der Waals surface area contributed by atoms with Gasteiger partial charge in [0.15, 0.2) is 0 Å². The highest BCUT2D eigenvalue weighted by Gasteiger charge is 2.18. The third-order valence-electron chi connectivity index (χ3n) is 3.19. The van der Waals surface area contributed by atoms with Crippen LogP contribution in [0.3, 0.4) is 0 Å². The second-order valence-electron chi connectivity index (χ2n) is 4.96. The fourth-order valence-corrected chi connectivity index (χ4v) is 3.17. The van der Waals surface area contributed by atoms with Gasteiger partial charge in [-0.2, -0.15) is 11.8 Å². The van der Waals surface area contributed by atoms with Crippen LogP contribution >= 0.6 is 11.8 Å². The van der Waals surface area contributed by atoms with Crippen LogP contribution in [0.15, 0.2) is 30.6 Å². The molecule has 0 aromatic carbocycles. The number of nitrogens with one attached hydrogen (secondary N) is 1. The maximum atomic E-state index is 12.2. The van der Waals surface area contributed by atoms with E-state index in [-0.39, 0.29) is 18.0 Å². The molecule has 1 saturated heterocycles. The molecule has 0 aliphatic carbocycles. The van der Waals surface area contributed by atoms with E-state index in [0.717, 1.165) is 23.6 Å². The number of hydrogen-bond donors (Lipinski definition) is 1. The smallest absolute Gasteiger partial charge is 0.258 e. The van der Waals surface area contributed by atoms with Gasteiger partial charge in [0.2, 0.25) is 11.8 Å². The van der Waals surface area contributed by atoms with E-state index in [1.54, 1.807) is 30.6 Å². The van der Waals surface area contributed by atoms with Crippen molar-refractivity contribution in [2.24, 2.45) is 0 Å². The average Bonchev–Trinajstić information content (AvgIpc) is 3.00. The second kappa shape index (κ2) is 6.74. The van der Waals surface area contributed by atoms with Crippen molar-refractivity contribution in [2.45, 2.75) is 19.4 Å². The van der Waals surface area contributed by atoms with Gasteiger partial charge in [-0.05, 0) is 31.2 Å². The minimum absolute atomic E-state index is 0.177. The molecule has 7 heteroatoms. The van der Waals surface area contributed by atoms with Crippen LogP contribution in [0.25, 0.3) is 0 Å². The molecular weight excluding hydrogens is 300 g/mol. The molecule has 0 bridgehead atoms. The lowest BCUT2D eigenvalue weighted by molar-refractivity contribution is 0.102. The molecule has 1 N–H and O–H groups in total. The highest BCUT2D eigenvalue weighted by atomic mass is 32.2. The van der Waals surface area contributed by atoms with Gasteiger partial charge in [-0.15, -0.1) is 0 Å². The number of carbonyl (C=O) groups excluding carboxylic acids is 1. The van der Waals surface area contributed by atoms with Gasteiger partial charge in [-0.25, -0.2) is 15.0 Å². The number of hydrogen-bond acceptors (Lipinski definition) is 6. The molecule has 1 aliphatic rings. The first-order valence-corrected chi connectivity index (χ1v) is 8.17. The minimum Gasteiger partial charge on any atom is -0.473 e. The molecule has 22 heavy (non-hydrogen) atoms. The first kappa shape index (κ1) is 14.8. The molecule has 3 rings (SSSR count). The van der Waals surface area contributed by atoms with Gasteiger partial charge in [0, 0.05) is 35.5 Å². The van der Waals surface area contributed by atoms with Crippen LogP contribution in [0.4, 0.5) is 5.95 Å². The summed E-state index contributed by atoms with van der Waals surface area (Å²) in [6.07, 6.45) is 4.37. The number of anilines is 1. The Kier molecular flexibility index (Phi) is 4.53. The largest absolute Gasteiger partial charge is 0.473 e. The third kappa shape index (κ3) is 3.73. The topological polar surface area (TPSA) is 77.0 Å². The summed E-state index contributed by atoms with van der Waals surface area (Å²) >= 11 is 1.87. The highest BCUT2D eigenvalue weighted by Crippen LogP contribution is 2.22. The van der Waals surface area contributed by atoms with Crippen LogP contribution in [0.1, 0.15) is 22.5 Å². The quantitative estimate of drug-likeness (QED) is 0.933. The fourth-order valence-electron chi connectivity index (χ4n) is 2.07. The molecule has 1 fully saturated rings. The molecule has 1 aliphatic heterocycles. The van der Waals surface area contributed by atoms with Crippen LogP contribution in [-0.4, -0.2) is 38.5 Å². The number of amides is 1. The zero-order chi connectivity index (χ0) is 15.4. The Hall–Kier alpha value is -2.15. The van der Waals surface area contributed by atoms with Gasteiger partial charge in [0.05, 0.1) is 0 Å².